The number of hydrogen-bond acceptors (Lipinski definition) is 5. The molecule has 1 heterocycles. The standard InChI is InChI=1S/C16H23N5O2/c1-13(16(22)23)20(2)11-7-4-8-12-21-18-15(17-19-21)14-9-5-3-6-10-14/h3,5-6,9-10,13H,4,7-8,11-12H2,1-2H3,(H,22,23). The third-order valence-corrected chi connectivity index (χ3v) is 3.87. The molecule has 2 aromatic rings. The van der Waals surface area contributed by atoms with Gasteiger partial charge in [-0.1, -0.05) is 36.8 Å². The van der Waals surface area contributed by atoms with E-state index in [2.05, 4.69) is 15.4 Å². The number of unbranched alkanes of at least 4 members (excludes halogenated alkanes) is 2. The molecule has 0 radical (unpaired) electrons. The number of benzene rings is 1. The molecule has 0 saturated carbocycles. The Morgan fingerprint density at radius 2 is 2.00 bits per heavy atom. The number of carboxylic acids is 1. The zero-order valence-electron chi connectivity index (χ0n) is 13.6. The SMILES string of the molecule is CC(C(=O)O)N(C)CCCCCn1nnc(-c2ccccc2)n1. The minimum Gasteiger partial charge on any atom is -0.480 e. The van der Waals surface area contributed by atoms with Crippen molar-refractivity contribution in [3.8, 4) is 11.4 Å². The highest BCUT2D eigenvalue weighted by molar-refractivity contribution is 5.72. The molecule has 1 unspecified atom stereocenters. The van der Waals surface area contributed by atoms with Gasteiger partial charge in [0.2, 0.25) is 5.82 Å². The van der Waals surface area contributed by atoms with Gasteiger partial charge in [0.05, 0.1) is 6.54 Å². The Kier molecular flexibility index (Phi) is 6.22. The van der Waals surface area contributed by atoms with E-state index in [0.717, 1.165) is 37.9 Å². The van der Waals surface area contributed by atoms with Crippen molar-refractivity contribution in [3.63, 3.8) is 0 Å². The number of carbonyl (C=O) groups is 1. The van der Waals surface area contributed by atoms with Crippen molar-refractivity contribution >= 4 is 5.97 Å². The average molecular weight is 317 g/mol. The fourth-order valence-electron chi connectivity index (χ4n) is 2.21. The van der Waals surface area contributed by atoms with Crippen LogP contribution in [0.1, 0.15) is 26.2 Å². The quantitative estimate of drug-likeness (QED) is 0.711. The Morgan fingerprint density at radius 3 is 2.70 bits per heavy atom. The lowest BCUT2D eigenvalue weighted by atomic mass is 10.2. The Morgan fingerprint density at radius 1 is 1.26 bits per heavy atom. The number of aryl methyl sites for hydroxylation is 1. The van der Waals surface area contributed by atoms with Crippen molar-refractivity contribution < 1.29 is 9.90 Å². The van der Waals surface area contributed by atoms with Crippen LogP contribution in [-0.4, -0.2) is 55.8 Å². The van der Waals surface area contributed by atoms with E-state index in [9.17, 15) is 4.79 Å². The first-order chi connectivity index (χ1) is 11.1. The fraction of sp³-hybridized carbons (Fsp3) is 0.500. The molecular weight excluding hydrogens is 294 g/mol. The minimum absolute atomic E-state index is 0.444. The molecule has 0 bridgehead atoms. The zero-order valence-corrected chi connectivity index (χ0v) is 13.6. The fourth-order valence-corrected chi connectivity index (χ4v) is 2.21. The molecule has 1 aromatic carbocycles. The molecular formula is C16H23N5O2. The van der Waals surface area contributed by atoms with E-state index in [-0.39, 0.29) is 0 Å². The van der Waals surface area contributed by atoms with Gasteiger partial charge in [-0.25, -0.2) is 0 Å². The van der Waals surface area contributed by atoms with Gasteiger partial charge in [0.25, 0.3) is 0 Å². The highest BCUT2D eigenvalue weighted by atomic mass is 16.4. The van der Waals surface area contributed by atoms with Gasteiger partial charge in [0, 0.05) is 5.56 Å². The third-order valence-electron chi connectivity index (χ3n) is 3.87. The summed E-state index contributed by atoms with van der Waals surface area (Å²) >= 11 is 0. The summed E-state index contributed by atoms with van der Waals surface area (Å²) in [5, 5.41) is 21.4. The number of rotatable bonds is 9. The van der Waals surface area contributed by atoms with E-state index >= 15 is 0 Å². The van der Waals surface area contributed by atoms with Crippen LogP contribution < -0.4 is 0 Å². The van der Waals surface area contributed by atoms with Crippen LogP contribution >= 0.6 is 0 Å². The number of carboxylic acid groups (broad SMARTS) is 1. The summed E-state index contributed by atoms with van der Waals surface area (Å²) in [4.78, 5) is 14.3. The van der Waals surface area contributed by atoms with Crippen molar-refractivity contribution in [2.45, 2.75) is 38.8 Å². The highest BCUT2D eigenvalue weighted by Crippen LogP contribution is 2.12. The second kappa shape index (κ2) is 8.38. The van der Waals surface area contributed by atoms with Crippen molar-refractivity contribution in [1.29, 1.82) is 0 Å². The summed E-state index contributed by atoms with van der Waals surface area (Å²) in [5.74, 6) is -0.145. The largest absolute Gasteiger partial charge is 0.480 e. The van der Waals surface area contributed by atoms with E-state index in [1.165, 1.54) is 0 Å². The van der Waals surface area contributed by atoms with Crippen molar-refractivity contribution in [3.05, 3.63) is 30.3 Å². The summed E-state index contributed by atoms with van der Waals surface area (Å²) in [6.07, 6.45) is 2.90. The normalized spacial score (nSPS) is 12.5. The summed E-state index contributed by atoms with van der Waals surface area (Å²) in [7, 11) is 1.84. The first-order valence-corrected chi connectivity index (χ1v) is 7.84. The third kappa shape index (κ3) is 5.14. The highest BCUT2D eigenvalue weighted by Gasteiger charge is 2.15. The van der Waals surface area contributed by atoms with E-state index in [4.69, 9.17) is 5.11 Å². The van der Waals surface area contributed by atoms with Gasteiger partial charge < -0.3 is 5.11 Å². The van der Waals surface area contributed by atoms with E-state index in [1.54, 1.807) is 11.7 Å². The van der Waals surface area contributed by atoms with Crippen LogP contribution in [0.4, 0.5) is 0 Å². The Balaban J connectivity index is 1.69. The maximum atomic E-state index is 10.9. The van der Waals surface area contributed by atoms with Crippen LogP contribution in [0.3, 0.4) is 0 Å². The minimum atomic E-state index is -0.784. The number of tetrazole rings is 1. The van der Waals surface area contributed by atoms with Gasteiger partial charge in [0.1, 0.15) is 6.04 Å². The number of aliphatic carboxylic acids is 1. The summed E-state index contributed by atoms with van der Waals surface area (Å²) in [6, 6.07) is 9.33. The molecule has 7 heteroatoms. The van der Waals surface area contributed by atoms with E-state index in [1.807, 2.05) is 42.3 Å². The Labute approximate surface area is 135 Å². The average Bonchev–Trinajstić information content (AvgIpc) is 3.03. The molecule has 0 aliphatic heterocycles. The molecule has 124 valence electrons. The molecule has 23 heavy (non-hydrogen) atoms. The molecule has 0 saturated heterocycles. The molecule has 0 aliphatic rings. The van der Waals surface area contributed by atoms with Gasteiger partial charge in [-0.3, -0.25) is 9.69 Å². The molecule has 0 spiro atoms. The van der Waals surface area contributed by atoms with Gasteiger partial charge in [-0.15, -0.1) is 10.2 Å². The summed E-state index contributed by atoms with van der Waals surface area (Å²) < 4.78 is 0. The topological polar surface area (TPSA) is 84.1 Å². The predicted molar refractivity (Wildman–Crippen MR) is 86.8 cm³/mol. The first kappa shape index (κ1) is 17.1. The zero-order chi connectivity index (χ0) is 16.7. The number of hydrogen-bond donors (Lipinski definition) is 1. The van der Waals surface area contributed by atoms with Gasteiger partial charge >= 0.3 is 5.97 Å². The Hall–Kier alpha value is -2.28. The molecule has 1 atom stereocenters. The smallest absolute Gasteiger partial charge is 0.320 e. The molecule has 2 rings (SSSR count). The van der Waals surface area contributed by atoms with Crippen LogP contribution in [0.2, 0.25) is 0 Å². The van der Waals surface area contributed by atoms with Crippen LogP contribution in [-0.2, 0) is 11.3 Å². The number of aromatic nitrogens is 4. The molecule has 0 fully saturated rings. The molecule has 1 aromatic heterocycles. The van der Waals surface area contributed by atoms with E-state index in [0.29, 0.717) is 5.82 Å². The van der Waals surface area contributed by atoms with Gasteiger partial charge in [0.15, 0.2) is 0 Å². The number of likely N-dealkylation sites (N-methyl/N-ethyl adjacent to an activating group) is 1. The van der Waals surface area contributed by atoms with Crippen LogP contribution in [0.15, 0.2) is 30.3 Å². The predicted octanol–water partition coefficient (Wildman–Crippen LogP) is 1.92. The molecule has 7 nitrogen and oxygen atoms in total. The monoisotopic (exact) mass is 317 g/mol. The second-order valence-electron chi connectivity index (χ2n) is 5.63. The van der Waals surface area contributed by atoms with E-state index < -0.39 is 12.0 Å². The van der Waals surface area contributed by atoms with Crippen molar-refractivity contribution in [2.24, 2.45) is 0 Å². The molecule has 1 N–H and O–H groups in total. The van der Waals surface area contributed by atoms with Crippen molar-refractivity contribution in [1.82, 2.24) is 25.1 Å². The Bertz CT molecular complexity index is 614. The lowest BCUT2D eigenvalue weighted by molar-refractivity contribution is -0.142. The lowest BCUT2D eigenvalue weighted by Gasteiger charge is -2.20. The van der Waals surface area contributed by atoms with Crippen LogP contribution in [0.25, 0.3) is 11.4 Å². The molecule has 0 aliphatic carbocycles. The first-order valence-electron chi connectivity index (χ1n) is 7.84. The second-order valence-corrected chi connectivity index (χ2v) is 5.63. The van der Waals surface area contributed by atoms with Gasteiger partial charge in [-0.05, 0) is 38.6 Å². The van der Waals surface area contributed by atoms with Crippen molar-refractivity contribution in [2.75, 3.05) is 13.6 Å². The van der Waals surface area contributed by atoms with Crippen LogP contribution in [0, 0.1) is 0 Å². The molecule has 0 amide bonds. The number of nitrogens with zero attached hydrogens (tertiary/aromatic N) is 5. The summed E-state index contributed by atoms with van der Waals surface area (Å²) in [6.45, 7) is 3.19. The summed E-state index contributed by atoms with van der Waals surface area (Å²) in [5.41, 5.74) is 0.961. The lowest BCUT2D eigenvalue weighted by Crippen LogP contribution is -2.36. The maximum absolute atomic E-state index is 10.9. The van der Waals surface area contributed by atoms with Crippen LogP contribution in [0.5, 0.6) is 0 Å². The van der Waals surface area contributed by atoms with Gasteiger partial charge in [-0.2, -0.15) is 4.80 Å². The maximum Gasteiger partial charge on any atom is 0.320 e.